The molecule has 2 aliphatic rings. The standard InChI is InChI=1S/C31H36N2O5/c1-21(22-8-10-23(11-9-22)24-6-5-7-26(18-24)36-2)31(35)32-27(20-33-14-3-4-15-33)30(34)25-12-13-28-29(19-25)38-17-16-37-28/h5-13,18-19,21,27,30,34H,3-4,14-17,20H2,1-2H3,(H,32,35). The van der Waals surface area contributed by atoms with Crippen LogP contribution in [0, 0.1) is 0 Å². The van der Waals surface area contributed by atoms with Gasteiger partial charge in [0, 0.05) is 6.54 Å². The molecule has 0 aromatic heterocycles. The van der Waals surface area contributed by atoms with Crippen molar-refractivity contribution in [2.75, 3.05) is 40.0 Å². The molecule has 0 radical (unpaired) electrons. The number of aliphatic hydroxyl groups excluding tert-OH is 1. The number of hydrogen-bond donors (Lipinski definition) is 2. The lowest BCUT2D eigenvalue weighted by molar-refractivity contribution is -0.124. The minimum Gasteiger partial charge on any atom is -0.497 e. The van der Waals surface area contributed by atoms with Crippen molar-refractivity contribution in [1.82, 2.24) is 10.2 Å². The van der Waals surface area contributed by atoms with E-state index in [1.807, 2.05) is 73.7 Å². The van der Waals surface area contributed by atoms with Crippen molar-refractivity contribution in [2.45, 2.75) is 37.8 Å². The van der Waals surface area contributed by atoms with Gasteiger partial charge in [-0.2, -0.15) is 0 Å². The van der Waals surface area contributed by atoms with Crippen LogP contribution in [0.2, 0.25) is 0 Å². The molecule has 7 nitrogen and oxygen atoms in total. The van der Waals surface area contributed by atoms with Crippen LogP contribution in [0.4, 0.5) is 0 Å². The predicted octanol–water partition coefficient (Wildman–Crippen LogP) is 4.55. The average Bonchev–Trinajstić information content (AvgIpc) is 3.49. The van der Waals surface area contributed by atoms with Crippen LogP contribution < -0.4 is 19.5 Å². The Hall–Kier alpha value is -3.55. The maximum absolute atomic E-state index is 13.4. The zero-order valence-corrected chi connectivity index (χ0v) is 22.1. The first kappa shape index (κ1) is 26.1. The van der Waals surface area contributed by atoms with E-state index in [1.165, 1.54) is 0 Å². The summed E-state index contributed by atoms with van der Waals surface area (Å²) < 4.78 is 16.7. The van der Waals surface area contributed by atoms with Gasteiger partial charge in [0.2, 0.25) is 5.91 Å². The first-order valence-electron chi connectivity index (χ1n) is 13.4. The summed E-state index contributed by atoms with van der Waals surface area (Å²) in [5.41, 5.74) is 3.74. The van der Waals surface area contributed by atoms with Crippen molar-refractivity contribution < 1.29 is 24.1 Å². The van der Waals surface area contributed by atoms with Gasteiger partial charge in [-0.15, -0.1) is 0 Å². The lowest BCUT2D eigenvalue weighted by Crippen LogP contribution is -2.47. The van der Waals surface area contributed by atoms with Crippen molar-refractivity contribution in [3.63, 3.8) is 0 Å². The van der Waals surface area contributed by atoms with Crippen LogP contribution in [-0.4, -0.2) is 61.9 Å². The molecule has 2 N–H and O–H groups in total. The Balaban J connectivity index is 1.31. The zero-order chi connectivity index (χ0) is 26.5. The molecule has 3 aromatic rings. The van der Waals surface area contributed by atoms with E-state index in [0.29, 0.717) is 36.8 Å². The summed E-state index contributed by atoms with van der Waals surface area (Å²) in [4.78, 5) is 15.7. The Morgan fingerprint density at radius 1 is 0.947 bits per heavy atom. The first-order valence-corrected chi connectivity index (χ1v) is 13.4. The molecule has 3 atom stereocenters. The lowest BCUT2D eigenvalue weighted by atomic mass is 9.95. The summed E-state index contributed by atoms with van der Waals surface area (Å²) in [6, 6.07) is 21.0. The number of hydrogen-bond acceptors (Lipinski definition) is 6. The van der Waals surface area contributed by atoms with E-state index in [0.717, 1.165) is 48.4 Å². The van der Waals surface area contributed by atoms with Gasteiger partial charge in [0.25, 0.3) is 0 Å². The van der Waals surface area contributed by atoms with Crippen LogP contribution in [0.25, 0.3) is 11.1 Å². The number of nitrogens with one attached hydrogen (secondary N) is 1. The summed E-state index contributed by atoms with van der Waals surface area (Å²) in [7, 11) is 1.66. The van der Waals surface area contributed by atoms with Crippen LogP contribution in [0.3, 0.4) is 0 Å². The maximum Gasteiger partial charge on any atom is 0.227 e. The van der Waals surface area contributed by atoms with Crippen molar-refractivity contribution in [1.29, 1.82) is 0 Å². The van der Waals surface area contributed by atoms with Gasteiger partial charge >= 0.3 is 0 Å². The highest BCUT2D eigenvalue weighted by molar-refractivity contribution is 5.84. The fourth-order valence-electron chi connectivity index (χ4n) is 5.17. The van der Waals surface area contributed by atoms with Gasteiger partial charge in [-0.1, -0.05) is 42.5 Å². The highest BCUT2D eigenvalue weighted by atomic mass is 16.6. The summed E-state index contributed by atoms with van der Waals surface area (Å²) in [6.07, 6.45) is 1.39. The number of amides is 1. The molecular formula is C31H36N2O5. The van der Waals surface area contributed by atoms with Gasteiger partial charge in [-0.05, 0) is 79.4 Å². The minimum atomic E-state index is -0.877. The molecule has 3 unspecified atom stereocenters. The molecule has 3 aromatic carbocycles. The van der Waals surface area contributed by atoms with E-state index in [2.05, 4.69) is 10.2 Å². The molecule has 0 bridgehead atoms. The third-order valence-corrected chi connectivity index (χ3v) is 7.48. The topological polar surface area (TPSA) is 80.3 Å². The summed E-state index contributed by atoms with van der Waals surface area (Å²) >= 11 is 0. The van der Waals surface area contributed by atoms with Crippen LogP contribution in [0.1, 0.15) is 42.9 Å². The largest absolute Gasteiger partial charge is 0.497 e. The Labute approximate surface area is 224 Å². The Morgan fingerprint density at radius 3 is 2.39 bits per heavy atom. The third kappa shape index (κ3) is 5.95. The second-order valence-corrected chi connectivity index (χ2v) is 10.0. The number of aliphatic hydroxyl groups is 1. The van der Waals surface area contributed by atoms with Crippen LogP contribution in [0.15, 0.2) is 66.7 Å². The van der Waals surface area contributed by atoms with Gasteiger partial charge in [-0.3, -0.25) is 4.79 Å². The molecule has 1 saturated heterocycles. The number of nitrogens with zero attached hydrogens (tertiary/aromatic N) is 1. The van der Waals surface area contributed by atoms with Crippen LogP contribution >= 0.6 is 0 Å². The molecule has 1 amide bonds. The molecular weight excluding hydrogens is 480 g/mol. The van der Waals surface area contributed by atoms with E-state index >= 15 is 0 Å². The number of carbonyl (C=O) groups is 1. The van der Waals surface area contributed by atoms with Gasteiger partial charge in [0.1, 0.15) is 25.1 Å². The van der Waals surface area contributed by atoms with Crippen LogP contribution in [0.5, 0.6) is 17.2 Å². The monoisotopic (exact) mass is 516 g/mol. The van der Waals surface area contributed by atoms with Gasteiger partial charge < -0.3 is 29.5 Å². The normalized spacial score (nSPS) is 17.4. The fourth-order valence-corrected chi connectivity index (χ4v) is 5.17. The van der Waals surface area contributed by atoms with Gasteiger partial charge in [0.05, 0.1) is 19.1 Å². The Bertz CT molecular complexity index is 1240. The SMILES string of the molecule is COc1cccc(-c2ccc(C(C)C(=O)NC(CN3CCCC3)C(O)c3ccc4c(c3)OCCO4)cc2)c1. The van der Waals surface area contributed by atoms with Crippen molar-refractivity contribution >= 4 is 5.91 Å². The van der Waals surface area contributed by atoms with E-state index in [-0.39, 0.29) is 11.8 Å². The number of benzene rings is 3. The first-order chi connectivity index (χ1) is 18.5. The minimum absolute atomic E-state index is 0.111. The summed E-state index contributed by atoms with van der Waals surface area (Å²) in [5, 5.41) is 14.6. The maximum atomic E-state index is 13.4. The molecule has 0 saturated carbocycles. The molecule has 2 heterocycles. The molecule has 0 aliphatic carbocycles. The average molecular weight is 517 g/mol. The number of carbonyl (C=O) groups excluding carboxylic acids is 1. The lowest BCUT2D eigenvalue weighted by Gasteiger charge is -2.30. The predicted molar refractivity (Wildman–Crippen MR) is 147 cm³/mol. The molecule has 0 spiro atoms. The number of likely N-dealkylation sites (tertiary alicyclic amines) is 1. The van der Waals surface area contributed by atoms with Crippen LogP contribution in [-0.2, 0) is 4.79 Å². The molecule has 7 heteroatoms. The Morgan fingerprint density at radius 2 is 1.66 bits per heavy atom. The second kappa shape index (κ2) is 11.9. The fraction of sp³-hybridized carbons (Fsp3) is 0.387. The van der Waals surface area contributed by atoms with Crippen molar-refractivity contribution in [2.24, 2.45) is 0 Å². The zero-order valence-electron chi connectivity index (χ0n) is 22.1. The number of rotatable bonds is 9. The summed E-state index contributed by atoms with van der Waals surface area (Å²) in [6.45, 7) is 5.43. The molecule has 38 heavy (non-hydrogen) atoms. The third-order valence-electron chi connectivity index (χ3n) is 7.48. The molecule has 2 aliphatic heterocycles. The molecule has 1 fully saturated rings. The van der Waals surface area contributed by atoms with E-state index in [4.69, 9.17) is 14.2 Å². The van der Waals surface area contributed by atoms with E-state index in [1.54, 1.807) is 7.11 Å². The number of fused-ring (bicyclic) bond motifs is 1. The Kier molecular flexibility index (Phi) is 8.15. The van der Waals surface area contributed by atoms with E-state index in [9.17, 15) is 9.90 Å². The molecule has 200 valence electrons. The highest BCUT2D eigenvalue weighted by Gasteiger charge is 2.29. The number of methoxy groups -OCH3 is 1. The second-order valence-electron chi connectivity index (χ2n) is 10.0. The highest BCUT2D eigenvalue weighted by Crippen LogP contribution is 2.34. The smallest absolute Gasteiger partial charge is 0.227 e. The van der Waals surface area contributed by atoms with E-state index < -0.39 is 12.1 Å². The van der Waals surface area contributed by atoms with Crippen molar-refractivity contribution in [3.8, 4) is 28.4 Å². The van der Waals surface area contributed by atoms with Crippen molar-refractivity contribution in [3.05, 3.63) is 77.9 Å². The number of ether oxygens (including phenoxy) is 3. The summed E-state index contributed by atoms with van der Waals surface area (Å²) in [5.74, 6) is 1.63. The molecule has 5 rings (SSSR count). The van der Waals surface area contributed by atoms with Gasteiger partial charge in [0.15, 0.2) is 11.5 Å². The van der Waals surface area contributed by atoms with Gasteiger partial charge in [-0.25, -0.2) is 0 Å². The quantitative estimate of drug-likeness (QED) is 0.434.